The summed E-state index contributed by atoms with van der Waals surface area (Å²) in [4.78, 5) is 17.8. The third kappa shape index (κ3) is 4.31. The first-order valence-electron chi connectivity index (χ1n) is 8.10. The number of hydrogen-bond donors (Lipinski definition) is 1. The molecule has 3 rings (SSSR count). The molecular weight excluding hydrogens is 335 g/mol. The van der Waals surface area contributed by atoms with Crippen molar-refractivity contribution in [3.63, 3.8) is 0 Å². The fraction of sp³-hybridized carbons (Fsp3) is 0.200. The highest BCUT2D eigenvalue weighted by atomic mass is 32.1. The maximum atomic E-state index is 13.4. The molecule has 1 aromatic heterocycles. The van der Waals surface area contributed by atoms with Crippen molar-refractivity contribution < 1.29 is 9.18 Å². The Bertz CT molecular complexity index is 904. The van der Waals surface area contributed by atoms with Crippen molar-refractivity contribution in [2.45, 2.75) is 20.3 Å². The first-order valence-corrected chi connectivity index (χ1v) is 8.91. The highest BCUT2D eigenvalue weighted by molar-refractivity contribution is 7.15. The van der Waals surface area contributed by atoms with Crippen molar-refractivity contribution in [1.82, 2.24) is 10.3 Å². The van der Waals surface area contributed by atoms with Gasteiger partial charge in [0.1, 0.15) is 10.8 Å². The summed E-state index contributed by atoms with van der Waals surface area (Å²) in [6.07, 6.45) is 0.705. The lowest BCUT2D eigenvalue weighted by atomic mass is 10.1. The first-order chi connectivity index (χ1) is 12.0. The standard InChI is InChI=1S/C20H19FN2OS/c1-13-5-3-6-15(11-13)19(24)22-10-9-18-14(2)23-20(25-18)16-7-4-8-17(21)12-16/h3-8,11-12H,9-10H2,1-2H3,(H,22,24). The van der Waals surface area contributed by atoms with Crippen LogP contribution in [-0.2, 0) is 6.42 Å². The Morgan fingerprint density at radius 3 is 2.72 bits per heavy atom. The molecule has 1 N–H and O–H groups in total. The Hall–Kier alpha value is -2.53. The van der Waals surface area contributed by atoms with Crippen LogP contribution < -0.4 is 5.32 Å². The van der Waals surface area contributed by atoms with Crippen LogP contribution in [0.25, 0.3) is 10.6 Å². The van der Waals surface area contributed by atoms with Crippen molar-refractivity contribution in [2.75, 3.05) is 6.54 Å². The quantitative estimate of drug-likeness (QED) is 0.731. The van der Waals surface area contributed by atoms with Crippen LogP contribution in [0.2, 0.25) is 0 Å². The van der Waals surface area contributed by atoms with E-state index in [1.807, 2.05) is 44.2 Å². The van der Waals surface area contributed by atoms with E-state index in [9.17, 15) is 9.18 Å². The number of amides is 1. The average Bonchev–Trinajstić information content (AvgIpc) is 2.96. The minimum Gasteiger partial charge on any atom is -0.352 e. The lowest BCUT2D eigenvalue weighted by Crippen LogP contribution is -2.25. The van der Waals surface area contributed by atoms with Gasteiger partial charge in [-0.05, 0) is 38.1 Å². The van der Waals surface area contributed by atoms with Crippen LogP contribution in [0.4, 0.5) is 4.39 Å². The topological polar surface area (TPSA) is 42.0 Å². The molecule has 2 aromatic carbocycles. The monoisotopic (exact) mass is 354 g/mol. The van der Waals surface area contributed by atoms with Gasteiger partial charge in [-0.15, -0.1) is 11.3 Å². The van der Waals surface area contributed by atoms with Crippen LogP contribution >= 0.6 is 11.3 Å². The highest BCUT2D eigenvalue weighted by Gasteiger charge is 2.11. The predicted octanol–water partition coefficient (Wildman–Crippen LogP) is 4.54. The largest absolute Gasteiger partial charge is 0.352 e. The van der Waals surface area contributed by atoms with E-state index in [4.69, 9.17) is 0 Å². The number of aryl methyl sites for hydroxylation is 2. The molecule has 0 radical (unpaired) electrons. The molecule has 0 aliphatic rings. The molecule has 0 aliphatic heterocycles. The molecule has 0 fully saturated rings. The van der Waals surface area contributed by atoms with Gasteiger partial charge in [-0.2, -0.15) is 0 Å². The Kier molecular flexibility index (Phi) is 5.24. The SMILES string of the molecule is Cc1cccc(C(=O)NCCc2sc(-c3cccc(F)c3)nc2C)c1. The molecule has 0 spiro atoms. The molecule has 0 saturated carbocycles. The summed E-state index contributed by atoms with van der Waals surface area (Å²) in [7, 11) is 0. The van der Waals surface area contributed by atoms with E-state index in [2.05, 4.69) is 10.3 Å². The van der Waals surface area contributed by atoms with Gasteiger partial charge >= 0.3 is 0 Å². The summed E-state index contributed by atoms with van der Waals surface area (Å²) in [6.45, 7) is 4.45. The molecule has 5 heteroatoms. The Labute approximate surface area is 150 Å². The van der Waals surface area contributed by atoms with Gasteiger partial charge in [0.05, 0.1) is 5.69 Å². The number of aromatic nitrogens is 1. The second-order valence-corrected chi connectivity index (χ2v) is 7.00. The number of thiazole rings is 1. The van der Waals surface area contributed by atoms with Crippen LogP contribution in [0.1, 0.15) is 26.5 Å². The summed E-state index contributed by atoms with van der Waals surface area (Å²) in [6, 6.07) is 14.0. The van der Waals surface area contributed by atoms with E-state index < -0.39 is 0 Å². The normalized spacial score (nSPS) is 10.7. The number of nitrogens with one attached hydrogen (secondary N) is 1. The second kappa shape index (κ2) is 7.57. The number of carbonyl (C=O) groups excluding carboxylic acids is 1. The van der Waals surface area contributed by atoms with E-state index in [1.54, 1.807) is 17.4 Å². The smallest absolute Gasteiger partial charge is 0.251 e. The summed E-state index contributed by atoms with van der Waals surface area (Å²) in [5.74, 6) is -0.339. The van der Waals surface area contributed by atoms with E-state index in [1.165, 1.54) is 12.1 Å². The highest BCUT2D eigenvalue weighted by Crippen LogP contribution is 2.28. The maximum Gasteiger partial charge on any atom is 0.251 e. The number of nitrogens with zero attached hydrogens (tertiary/aromatic N) is 1. The van der Waals surface area contributed by atoms with Crippen molar-refractivity contribution in [3.05, 3.63) is 76.0 Å². The van der Waals surface area contributed by atoms with E-state index >= 15 is 0 Å². The fourth-order valence-corrected chi connectivity index (χ4v) is 3.64. The minimum absolute atomic E-state index is 0.0729. The third-order valence-electron chi connectivity index (χ3n) is 3.88. The number of benzene rings is 2. The van der Waals surface area contributed by atoms with Gasteiger partial charge in [-0.25, -0.2) is 9.37 Å². The zero-order valence-electron chi connectivity index (χ0n) is 14.2. The molecule has 3 nitrogen and oxygen atoms in total. The van der Waals surface area contributed by atoms with Gasteiger partial charge in [-0.1, -0.05) is 29.8 Å². The first kappa shape index (κ1) is 17.3. The molecule has 1 amide bonds. The van der Waals surface area contributed by atoms with Gasteiger partial charge in [-0.3, -0.25) is 4.79 Å². The summed E-state index contributed by atoms with van der Waals surface area (Å²) in [5, 5.41) is 3.74. The molecule has 3 aromatic rings. The summed E-state index contributed by atoms with van der Waals surface area (Å²) < 4.78 is 13.4. The molecule has 128 valence electrons. The fourth-order valence-electron chi connectivity index (χ4n) is 2.58. The van der Waals surface area contributed by atoms with Crippen LogP contribution in [0.3, 0.4) is 0 Å². The number of hydrogen-bond acceptors (Lipinski definition) is 3. The Morgan fingerprint density at radius 1 is 1.16 bits per heavy atom. The molecule has 0 unspecified atom stereocenters. The second-order valence-electron chi connectivity index (χ2n) is 5.91. The molecule has 1 heterocycles. The lowest BCUT2D eigenvalue weighted by Gasteiger charge is -2.05. The zero-order chi connectivity index (χ0) is 17.8. The van der Waals surface area contributed by atoms with Crippen molar-refractivity contribution >= 4 is 17.2 Å². The van der Waals surface area contributed by atoms with E-state index in [-0.39, 0.29) is 11.7 Å². The number of carbonyl (C=O) groups is 1. The predicted molar refractivity (Wildman–Crippen MR) is 99.5 cm³/mol. The Balaban J connectivity index is 1.63. The third-order valence-corrected chi connectivity index (χ3v) is 5.15. The van der Waals surface area contributed by atoms with E-state index in [0.717, 1.165) is 26.7 Å². The molecule has 0 saturated heterocycles. The van der Waals surface area contributed by atoms with Crippen LogP contribution in [0.15, 0.2) is 48.5 Å². The van der Waals surface area contributed by atoms with Crippen molar-refractivity contribution in [1.29, 1.82) is 0 Å². The molecule has 0 aliphatic carbocycles. The molecule has 25 heavy (non-hydrogen) atoms. The number of halogens is 1. The van der Waals surface area contributed by atoms with Crippen LogP contribution in [0.5, 0.6) is 0 Å². The van der Waals surface area contributed by atoms with Gasteiger partial charge < -0.3 is 5.32 Å². The van der Waals surface area contributed by atoms with Crippen molar-refractivity contribution in [2.24, 2.45) is 0 Å². The van der Waals surface area contributed by atoms with Crippen LogP contribution in [0, 0.1) is 19.7 Å². The van der Waals surface area contributed by atoms with Gasteiger partial charge in [0, 0.05) is 29.0 Å². The summed E-state index contributed by atoms with van der Waals surface area (Å²) >= 11 is 1.54. The molecule has 0 bridgehead atoms. The van der Waals surface area contributed by atoms with Gasteiger partial charge in [0.2, 0.25) is 0 Å². The molecule has 0 atom stereocenters. The lowest BCUT2D eigenvalue weighted by molar-refractivity contribution is 0.0954. The van der Waals surface area contributed by atoms with E-state index in [0.29, 0.717) is 18.5 Å². The molecular formula is C20H19FN2OS. The zero-order valence-corrected chi connectivity index (χ0v) is 15.0. The number of rotatable bonds is 5. The van der Waals surface area contributed by atoms with Gasteiger partial charge in [0.15, 0.2) is 0 Å². The van der Waals surface area contributed by atoms with Gasteiger partial charge in [0.25, 0.3) is 5.91 Å². The average molecular weight is 354 g/mol. The summed E-state index contributed by atoms with van der Waals surface area (Å²) in [5.41, 5.74) is 3.43. The van der Waals surface area contributed by atoms with Crippen molar-refractivity contribution in [3.8, 4) is 10.6 Å². The van der Waals surface area contributed by atoms with Crippen LogP contribution in [-0.4, -0.2) is 17.4 Å². The minimum atomic E-state index is -0.266. The maximum absolute atomic E-state index is 13.4. The Morgan fingerprint density at radius 2 is 1.96 bits per heavy atom.